The Bertz CT molecular complexity index is 606. The molecule has 1 nitrogen and oxygen atoms in total. The normalized spacial score (nSPS) is 9.53. The molecule has 0 radical (unpaired) electrons. The van der Waals surface area contributed by atoms with Crippen molar-refractivity contribution in [3.05, 3.63) is 65.0 Å². The van der Waals surface area contributed by atoms with Gasteiger partial charge < -0.3 is 5.73 Å². The smallest absolute Gasteiger partial charge is 0.123 e. The van der Waals surface area contributed by atoms with Gasteiger partial charge >= 0.3 is 0 Å². The number of benzene rings is 2. The van der Waals surface area contributed by atoms with E-state index in [0.717, 1.165) is 16.7 Å². The van der Waals surface area contributed by atoms with E-state index in [1.165, 1.54) is 12.1 Å². The summed E-state index contributed by atoms with van der Waals surface area (Å²) in [5.41, 5.74) is 8.87. The van der Waals surface area contributed by atoms with Crippen LogP contribution in [-0.2, 0) is 0 Å². The number of nitrogens with two attached hydrogens (primary N) is 1. The maximum absolute atomic E-state index is 12.9. The zero-order valence-electron chi connectivity index (χ0n) is 9.50. The summed E-state index contributed by atoms with van der Waals surface area (Å²) in [5.74, 6) is 5.78. The van der Waals surface area contributed by atoms with Crippen molar-refractivity contribution in [1.29, 1.82) is 0 Å². The molecule has 0 atom stereocenters. The predicted molar refractivity (Wildman–Crippen MR) is 68.0 cm³/mol. The zero-order valence-corrected chi connectivity index (χ0v) is 9.50. The topological polar surface area (TPSA) is 26.0 Å². The monoisotopic (exact) mass is 225 g/mol. The van der Waals surface area contributed by atoms with E-state index in [2.05, 4.69) is 11.8 Å². The second-order valence-electron chi connectivity index (χ2n) is 3.83. The zero-order chi connectivity index (χ0) is 12.3. The fourth-order valence-corrected chi connectivity index (χ4v) is 1.52. The molecular formula is C15H12FN. The predicted octanol–water partition coefficient (Wildman–Crippen LogP) is 3.12. The molecule has 0 saturated heterocycles. The minimum Gasteiger partial charge on any atom is -0.399 e. The highest BCUT2D eigenvalue weighted by atomic mass is 19.1. The first-order chi connectivity index (χ1) is 8.15. The van der Waals surface area contributed by atoms with Crippen LogP contribution in [0.4, 0.5) is 10.1 Å². The molecule has 0 amide bonds. The van der Waals surface area contributed by atoms with Crippen molar-refractivity contribution in [2.45, 2.75) is 6.92 Å². The van der Waals surface area contributed by atoms with Crippen LogP contribution in [0.25, 0.3) is 0 Å². The molecule has 0 aromatic heterocycles. The Hall–Kier alpha value is -2.27. The van der Waals surface area contributed by atoms with Gasteiger partial charge in [-0.2, -0.15) is 0 Å². The van der Waals surface area contributed by atoms with Gasteiger partial charge in [-0.15, -0.1) is 0 Å². The molecule has 2 aromatic carbocycles. The number of nitrogen functional groups attached to an aromatic ring is 1. The highest BCUT2D eigenvalue weighted by molar-refractivity contribution is 5.50. The molecular weight excluding hydrogens is 213 g/mol. The molecule has 0 aliphatic rings. The number of halogens is 1. The molecule has 0 heterocycles. The van der Waals surface area contributed by atoms with Gasteiger partial charge in [0.25, 0.3) is 0 Å². The summed E-state index contributed by atoms with van der Waals surface area (Å²) < 4.78 is 12.9. The van der Waals surface area contributed by atoms with Crippen molar-refractivity contribution in [1.82, 2.24) is 0 Å². The molecule has 84 valence electrons. The maximum atomic E-state index is 12.9. The van der Waals surface area contributed by atoms with Crippen molar-refractivity contribution < 1.29 is 4.39 Å². The Labute approximate surface area is 100 Å². The average molecular weight is 225 g/mol. The molecule has 0 aliphatic heterocycles. The highest BCUT2D eigenvalue weighted by Gasteiger charge is 1.96. The lowest BCUT2D eigenvalue weighted by Crippen LogP contribution is -1.86. The fraction of sp³-hybridized carbons (Fsp3) is 0.0667. The van der Waals surface area contributed by atoms with Gasteiger partial charge in [0.15, 0.2) is 0 Å². The Morgan fingerprint density at radius 1 is 1.06 bits per heavy atom. The largest absolute Gasteiger partial charge is 0.399 e. The van der Waals surface area contributed by atoms with Crippen molar-refractivity contribution in [2.75, 3.05) is 5.73 Å². The lowest BCUT2D eigenvalue weighted by Gasteiger charge is -1.97. The van der Waals surface area contributed by atoms with Gasteiger partial charge in [-0.3, -0.25) is 0 Å². The third kappa shape index (κ3) is 2.85. The second kappa shape index (κ2) is 4.71. The summed E-state index contributed by atoms with van der Waals surface area (Å²) in [7, 11) is 0. The summed E-state index contributed by atoms with van der Waals surface area (Å²) >= 11 is 0. The first-order valence-electron chi connectivity index (χ1n) is 5.29. The van der Waals surface area contributed by atoms with Gasteiger partial charge in [-0.25, -0.2) is 4.39 Å². The summed E-state index contributed by atoms with van der Waals surface area (Å²) in [5, 5.41) is 0. The SMILES string of the molecule is Cc1cc(F)ccc1C#Cc1cccc(N)c1. The van der Waals surface area contributed by atoms with Crippen molar-refractivity contribution in [3.63, 3.8) is 0 Å². The molecule has 0 bridgehead atoms. The van der Waals surface area contributed by atoms with Crippen LogP contribution in [0.15, 0.2) is 42.5 Å². The van der Waals surface area contributed by atoms with Gasteiger partial charge in [-0.05, 0) is 48.9 Å². The van der Waals surface area contributed by atoms with Crippen molar-refractivity contribution >= 4 is 5.69 Å². The van der Waals surface area contributed by atoms with Gasteiger partial charge in [0, 0.05) is 16.8 Å². The lowest BCUT2D eigenvalue weighted by atomic mass is 10.1. The van der Waals surface area contributed by atoms with Crippen molar-refractivity contribution in [3.8, 4) is 11.8 Å². The third-order valence-corrected chi connectivity index (χ3v) is 2.42. The summed E-state index contributed by atoms with van der Waals surface area (Å²) in [6.45, 7) is 1.84. The number of hydrogen-bond acceptors (Lipinski definition) is 1. The minimum absolute atomic E-state index is 0.239. The van der Waals surface area contributed by atoms with Gasteiger partial charge in [-0.1, -0.05) is 17.9 Å². The molecule has 0 saturated carbocycles. The van der Waals surface area contributed by atoms with Crippen LogP contribution in [0, 0.1) is 24.6 Å². The summed E-state index contributed by atoms with van der Waals surface area (Å²) in [6.07, 6.45) is 0. The van der Waals surface area contributed by atoms with Crippen LogP contribution in [0.2, 0.25) is 0 Å². The molecule has 0 fully saturated rings. The standard InChI is InChI=1S/C15H12FN/c1-11-9-14(16)8-7-13(11)6-5-12-3-2-4-15(17)10-12/h2-4,7-10H,17H2,1H3. The first kappa shape index (κ1) is 11.2. The van der Waals surface area contributed by atoms with Crippen LogP contribution in [-0.4, -0.2) is 0 Å². The molecule has 17 heavy (non-hydrogen) atoms. The summed E-state index contributed by atoms with van der Waals surface area (Å²) in [4.78, 5) is 0. The first-order valence-corrected chi connectivity index (χ1v) is 5.29. The Morgan fingerprint density at radius 3 is 2.59 bits per heavy atom. The second-order valence-corrected chi connectivity index (χ2v) is 3.83. The molecule has 2 N–H and O–H groups in total. The van der Waals surface area contributed by atoms with E-state index in [1.807, 2.05) is 31.2 Å². The molecule has 2 heteroatoms. The van der Waals surface area contributed by atoms with E-state index in [0.29, 0.717) is 5.69 Å². The maximum Gasteiger partial charge on any atom is 0.123 e. The minimum atomic E-state index is -0.239. The van der Waals surface area contributed by atoms with E-state index >= 15 is 0 Å². The number of hydrogen-bond donors (Lipinski definition) is 1. The molecule has 2 aromatic rings. The number of anilines is 1. The van der Waals surface area contributed by atoms with Gasteiger partial charge in [0.2, 0.25) is 0 Å². The van der Waals surface area contributed by atoms with Crippen LogP contribution in [0.3, 0.4) is 0 Å². The van der Waals surface area contributed by atoms with E-state index < -0.39 is 0 Å². The molecule has 0 unspecified atom stereocenters. The fourth-order valence-electron chi connectivity index (χ4n) is 1.52. The highest BCUT2D eigenvalue weighted by Crippen LogP contribution is 2.09. The Kier molecular flexibility index (Phi) is 3.11. The van der Waals surface area contributed by atoms with Crippen LogP contribution in [0.1, 0.15) is 16.7 Å². The van der Waals surface area contributed by atoms with Gasteiger partial charge in [0.05, 0.1) is 0 Å². The van der Waals surface area contributed by atoms with Crippen LogP contribution in [0.5, 0.6) is 0 Å². The van der Waals surface area contributed by atoms with E-state index in [-0.39, 0.29) is 5.82 Å². The molecule has 0 aliphatic carbocycles. The van der Waals surface area contributed by atoms with E-state index in [9.17, 15) is 4.39 Å². The average Bonchev–Trinajstić information content (AvgIpc) is 2.28. The quantitative estimate of drug-likeness (QED) is 0.541. The van der Waals surface area contributed by atoms with Crippen molar-refractivity contribution in [2.24, 2.45) is 0 Å². The van der Waals surface area contributed by atoms with Crippen LogP contribution < -0.4 is 5.73 Å². The van der Waals surface area contributed by atoms with Crippen LogP contribution >= 0.6 is 0 Å². The van der Waals surface area contributed by atoms with E-state index in [1.54, 1.807) is 6.07 Å². The van der Waals surface area contributed by atoms with E-state index in [4.69, 9.17) is 5.73 Å². The lowest BCUT2D eigenvalue weighted by molar-refractivity contribution is 0.626. The molecule has 2 rings (SSSR count). The van der Waals surface area contributed by atoms with Gasteiger partial charge in [0.1, 0.15) is 5.82 Å². The third-order valence-electron chi connectivity index (χ3n) is 2.42. The Morgan fingerprint density at radius 2 is 1.88 bits per heavy atom. The summed E-state index contributed by atoms with van der Waals surface area (Å²) in [6, 6.07) is 11.9. The Balaban J connectivity index is 2.33. The number of aryl methyl sites for hydroxylation is 1. The molecule has 0 spiro atoms. The number of rotatable bonds is 0.